The molecule has 0 aliphatic rings. The second kappa shape index (κ2) is 6.52. The number of para-hydroxylation sites is 1. The van der Waals surface area contributed by atoms with E-state index in [9.17, 15) is 4.39 Å². The Morgan fingerprint density at radius 2 is 2.20 bits per heavy atom. The van der Waals surface area contributed by atoms with Crippen molar-refractivity contribution < 1.29 is 9.13 Å². The van der Waals surface area contributed by atoms with Crippen LogP contribution in [0.25, 0.3) is 0 Å². The third kappa shape index (κ3) is 3.17. The molecule has 0 aliphatic carbocycles. The average Bonchev–Trinajstić information content (AvgIpc) is 2.79. The van der Waals surface area contributed by atoms with Crippen LogP contribution in [0.15, 0.2) is 24.3 Å². The molecular weight excluding hydrogens is 257 g/mol. The van der Waals surface area contributed by atoms with Gasteiger partial charge in [-0.3, -0.25) is 4.68 Å². The molecule has 1 heterocycles. The quantitative estimate of drug-likeness (QED) is 0.882. The topological polar surface area (TPSA) is 53.1 Å². The van der Waals surface area contributed by atoms with Gasteiger partial charge in [0.25, 0.3) is 0 Å². The van der Waals surface area contributed by atoms with E-state index in [4.69, 9.17) is 10.5 Å². The van der Waals surface area contributed by atoms with E-state index >= 15 is 0 Å². The summed E-state index contributed by atoms with van der Waals surface area (Å²) in [6, 6.07) is 6.87. The van der Waals surface area contributed by atoms with E-state index in [1.54, 1.807) is 6.07 Å². The van der Waals surface area contributed by atoms with Crippen LogP contribution >= 0.6 is 0 Å². The van der Waals surface area contributed by atoms with Crippen molar-refractivity contribution in [3.63, 3.8) is 0 Å². The van der Waals surface area contributed by atoms with E-state index in [0.717, 1.165) is 23.5 Å². The number of hydrogen-bond acceptors (Lipinski definition) is 3. The van der Waals surface area contributed by atoms with Gasteiger partial charge in [-0.2, -0.15) is 5.10 Å². The largest absolute Gasteiger partial charge is 0.484 e. The van der Waals surface area contributed by atoms with Crippen LogP contribution in [-0.4, -0.2) is 16.3 Å². The molecule has 0 saturated carbocycles. The molecule has 2 N–H and O–H groups in total. The molecule has 0 spiro atoms. The van der Waals surface area contributed by atoms with Crippen molar-refractivity contribution in [1.82, 2.24) is 9.78 Å². The van der Waals surface area contributed by atoms with Gasteiger partial charge in [0.15, 0.2) is 11.6 Å². The number of nitrogens with two attached hydrogens (primary N) is 1. The zero-order valence-electron chi connectivity index (χ0n) is 11.9. The van der Waals surface area contributed by atoms with Crippen molar-refractivity contribution in [2.45, 2.75) is 33.4 Å². The third-order valence-electron chi connectivity index (χ3n) is 3.11. The molecule has 0 saturated heterocycles. The van der Waals surface area contributed by atoms with E-state index < -0.39 is 0 Å². The fourth-order valence-electron chi connectivity index (χ4n) is 2.20. The number of aromatic nitrogens is 2. The Morgan fingerprint density at radius 3 is 2.90 bits per heavy atom. The van der Waals surface area contributed by atoms with Crippen LogP contribution in [0, 0.1) is 12.7 Å². The monoisotopic (exact) mass is 277 g/mol. The zero-order valence-corrected chi connectivity index (χ0v) is 11.9. The third-order valence-corrected chi connectivity index (χ3v) is 3.11. The highest BCUT2D eigenvalue weighted by Crippen LogP contribution is 2.24. The van der Waals surface area contributed by atoms with Crippen molar-refractivity contribution in [3.05, 3.63) is 47.0 Å². The fourth-order valence-corrected chi connectivity index (χ4v) is 2.20. The molecule has 2 rings (SSSR count). The first kappa shape index (κ1) is 14.5. The molecular formula is C15H20FN3O. The maximum Gasteiger partial charge on any atom is 0.165 e. The lowest BCUT2D eigenvalue weighted by Crippen LogP contribution is -2.09. The van der Waals surface area contributed by atoms with Crippen LogP contribution in [0.2, 0.25) is 0 Å². The number of benzene rings is 1. The lowest BCUT2D eigenvalue weighted by molar-refractivity contribution is 0.275. The summed E-state index contributed by atoms with van der Waals surface area (Å²) in [5.41, 5.74) is 8.21. The smallest absolute Gasteiger partial charge is 0.165 e. The Balaban J connectivity index is 2.18. The summed E-state index contributed by atoms with van der Waals surface area (Å²) in [4.78, 5) is 0. The zero-order chi connectivity index (χ0) is 14.5. The number of rotatable bonds is 6. The predicted molar refractivity (Wildman–Crippen MR) is 76.1 cm³/mol. The van der Waals surface area contributed by atoms with Gasteiger partial charge in [-0.1, -0.05) is 12.1 Å². The van der Waals surface area contributed by atoms with E-state index in [2.05, 4.69) is 5.10 Å². The van der Waals surface area contributed by atoms with E-state index in [1.807, 2.05) is 30.7 Å². The van der Waals surface area contributed by atoms with Gasteiger partial charge >= 0.3 is 0 Å². The molecule has 0 amide bonds. The summed E-state index contributed by atoms with van der Waals surface area (Å²) >= 11 is 0. The van der Waals surface area contributed by atoms with Crippen LogP contribution in [-0.2, 0) is 19.6 Å². The normalized spacial score (nSPS) is 10.8. The summed E-state index contributed by atoms with van der Waals surface area (Å²) in [6.07, 6.45) is 0.596. The van der Waals surface area contributed by atoms with Gasteiger partial charge < -0.3 is 10.5 Å². The van der Waals surface area contributed by atoms with Crippen molar-refractivity contribution in [1.29, 1.82) is 0 Å². The molecule has 2 aromatic rings. The molecule has 1 aromatic carbocycles. The van der Waals surface area contributed by atoms with E-state index in [-0.39, 0.29) is 5.82 Å². The Kier molecular flexibility index (Phi) is 4.74. The lowest BCUT2D eigenvalue weighted by atomic mass is 10.1. The summed E-state index contributed by atoms with van der Waals surface area (Å²) in [7, 11) is 0. The van der Waals surface area contributed by atoms with E-state index in [1.165, 1.54) is 6.07 Å². The summed E-state index contributed by atoms with van der Waals surface area (Å²) < 4.78 is 21.4. The number of ether oxygens (including phenoxy) is 1. The summed E-state index contributed by atoms with van der Waals surface area (Å²) in [5.74, 6) is -0.0605. The maximum atomic E-state index is 13.9. The van der Waals surface area contributed by atoms with Gasteiger partial charge in [0, 0.05) is 6.54 Å². The number of halogens is 1. The van der Waals surface area contributed by atoms with Crippen LogP contribution in [0.4, 0.5) is 4.39 Å². The molecule has 108 valence electrons. The molecule has 20 heavy (non-hydrogen) atoms. The molecule has 0 bridgehead atoms. The van der Waals surface area contributed by atoms with Gasteiger partial charge in [-0.05, 0) is 44.5 Å². The molecule has 1 aromatic heterocycles. The van der Waals surface area contributed by atoms with Gasteiger partial charge in [-0.15, -0.1) is 0 Å². The Morgan fingerprint density at radius 1 is 1.40 bits per heavy atom. The first-order valence-electron chi connectivity index (χ1n) is 6.79. The second-order valence-electron chi connectivity index (χ2n) is 4.65. The first-order valence-corrected chi connectivity index (χ1v) is 6.79. The Labute approximate surface area is 118 Å². The first-order chi connectivity index (χ1) is 9.65. The summed E-state index contributed by atoms with van der Waals surface area (Å²) in [6.45, 7) is 5.47. The standard InChI is InChI=1S/C15H20FN3O/c1-3-19-13(9-11(2)18-19)10-20-15-12(7-8-17)5-4-6-14(15)16/h4-6,9H,3,7-8,10,17H2,1-2H3. The van der Waals surface area contributed by atoms with Crippen LogP contribution in [0.3, 0.4) is 0 Å². The van der Waals surface area contributed by atoms with Crippen molar-refractivity contribution in [2.75, 3.05) is 6.54 Å². The van der Waals surface area contributed by atoms with Crippen LogP contribution in [0.5, 0.6) is 5.75 Å². The molecule has 4 nitrogen and oxygen atoms in total. The van der Waals surface area contributed by atoms with Crippen molar-refractivity contribution >= 4 is 0 Å². The predicted octanol–water partition coefficient (Wildman–Crippen LogP) is 2.43. The minimum absolute atomic E-state index is 0.291. The second-order valence-corrected chi connectivity index (χ2v) is 4.65. The Bertz CT molecular complexity index is 580. The molecule has 0 radical (unpaired) electrons. The SMILES string of the molecule is CCn1nc(C)cc1COc1c(F)cccc1CCN. The lowest BCUT2D eigenvalue weighted by Gasteiger charge is -2.12. The molecule has 0 unspecified atom stereocenters. The van der Waals surface area contributed by atoms with Gasteiger partial charge in [-0.25, -0.2) is 4.39 Å². The fraction of sp³-hybridized carbons (Fsp3) is 0.400. The number of hydrogen-bond donors (Lipinski definition) is 1. The van der Waals surface area contributed by atoms with Gasteiger partial charge in [0.05, 0.1) is 11.4 Å². The minimum Gasteiger partial charge on any atom is -0.484 e. The molecule has 0 aliphatic heterocycles. The van der Waals surface area contributed by atoms with E-state index in [0.29, 0.717) is 25.3 Å². The molecule has 0 atom stereocenters. The number of aryl methyl sites for hydroxylation is 2. The van der Waals surface area contributed by atoms with Crippen LogP contribution in [0.1, 0.15) is 23.9 Å². The summed E-state index contributed by atoms with van der Waals surface area (Å²) in [5, 5.41) is 4.35. The van der Waals surface area contributed by atoms with Gasteiger partial charge in [0.2, 0.25) is 0 Å². The van der Waals surface area contributed by atoms with Crippen LogP contribution < -0.4 is 10.5 Å². The molecule has 0 fully saturated rings. The highest BCUT2D eigenvalue weighted by molar-refractivity contribution is 5.35. The van der Waals surface area contributed by atoms with Crippen molar-refractivity contribution in [2.24, 2.45) is 5.73 Å². The number of nitrogens with zero attached hydrogens (tertiary/aromatic N) is 2. The maximum absolute atomic E-state index is 13.9. The Hall–Kier alpha value is -1.88. The molecule has 5 heteroatoms. The van der Waals surface area contributed by atoms with Gasteiger partial charge in [0.1, 0.15) is 6.61 Å². The average molecular weight is 277 g/mol. The minimum atomic E-state index is -0.352. The van der Waals surface area contributed by atoms with Crippen molar-refractivity contribution in [3.8, 4) is 5.75 Å². The highest BCUT2D eigenvalue weighted by Gasteiger charge is 2.11. The highest BCUT2D eigenvalue weighted by atomic mass is 19.1.